The second-order valence-electron chi connectivity index (χ2n) is 3.73. The normalized spacial score (nSPS) is 11.1. The molecule has 0 saturated heterocycles. The van der Waals surface area contributed by atoms with E-state index in [9.17, 15) is 4.79 Å². The van der Waals surface area contributed by atoms with Gasteiger partial charge in [0.1, 0.15) is 12.1 Å². The average molecular weight is 204 g/mol. The highest BCUT2D eigenvalue weighted by Crippen LogP contribution is 2.07. The van der Waals surface area contributed by atoms with Crippen LogP contribution in [-0.2, 0) is 11.2 Å². The molecule has 0 N–H and O–H groups in total. The molecule has 78 valence electrons. The van der Waals surface area contributed by atoms with Crippen LogP contribution >= 0.6 is 0 Å². The van der Waals surface area contributed by atoms with Gasteiger partial charge < -0.3 is 0 Å². The first-order chi connectivity index (χ1) is 7.18. The van der Waals surface area contributed by atoms with Crippen molar-refractivity contribution < 1.29 is 4.79 Å². The standard InChI is InChI=1S/C10H12N4O/c1-7(2)9(15)5-8-10-13-12-6-14(10)4-3-11-8/h3-4,6-7H,5H2,1-2H3. The maximum atomic E-state index is 11.6. The van der Waals surface area contributed by atoms with E-state index in [1.807, 2.05) is 13.8 Å². The minimum absolute atomic E-state index is 0.0231. The highest BCUT2D eigenvalue weighted by Gasteiger charge is 2.12. The summed E-state index contributed by atoms with van der Waals surface area (Å²) in [4.78, 5) is 15.7. The summed E-state index contributed by atoms with van der Waals surface area (Å²) in [5.74, 6) is 0.188. The summed E-state index contributed by atoms with van der Waals surface area (Å²) in [6.45, 7) is 3.76. The van der Waals surface area contributed by atoms with Gasteiger partial charge in [0.15, 0.2) is 5.65 Å². The van der Waals surface area contributed by atoms with Crippen molar-refractivity contribution in [2.24, 2.45) is 5.92 Å². The van der Waals surface area contributed by atoms with Crippen molar-refractivity contribution in [1.82, 2.24) is 19.6 Å². The largest absolute Gasteiger partial charge is 0.299 e. The molecule has 2 heterocycles. The van der Waals surface area contributed by atoms with Crippen LogP contribution in [0.4, 0.5) is 0 Å². The molecule has 0 aliphatic carbocycles. The van der Waals surface area contributed by atoms with Gasteiger partial charge in [0.2, 0.25) is 0 Å². The Morgan fingerprint density at radius 1 is 1.53 bits per heavy atom. The highest BCUT2D eigenvalue weighted by molar-refractivity contribution is 5.83. The maximum absolute atomic E-state index is 11.6. The van der Waals surface area contributed by atoms with E-state index in [4.69, 9.17) is 0 Å². The number of nitrogens with zero attached hydrogens (tertiary/aromatic N) is 4. The zero-order chi connectivity index (χ0) is 10.8. The smallest absolute Gasteiger partial charge is 0.182 e. The Morgan fingerprint density at radius 2 is 2.33 bits per heavy atom. The van der Waals surface area contributed by atoms with Gasteiger partial charge in [-0.05, 0) is 0 Å². The van der Waals surface area contributed by atoms with Gasteiger partial charge in [-0.2, -0.15) is 0 Å². The second-order valence-corrected chi connectivity index (χ2v) is 3.73. The second kappa shape index (κ2) is 3.76. The van der Waals surface area contributed by atoms with Gasteiger partial charge >= 0.3 is 0 Å². The molecule has 0 spiro atoms. The number of hydrogen-bond acceptors (Lipinski definition) is 4. The van der Waals surface area contributed by atoms with E-state index in [-0.39, 0.29) is 11.7 Å². The summed E-state index contributed by atoms with van der Waals surface area (Å²) in [6, 6.07) is 0. The van der Waals surface area contributed by atoms with Gasteiger partial charge in [0, 0.05) is 18.3 Å². The lowest BCUT2D eigenvalue weighted by Crippen LogP contribution is -2.12. The predicted molar refractivity (Wildman–Crippen MR) is 54.3 cm³/mol. The first kappa shape index (κ1) is 9.76. The Balaban J connectivity index is 2.35. The van der Waals surface area contributed by atoms with E-state index in [2.05, 4.69) is 15.2 Å². The van der Waals surface area contributed by atoms with E-state index < -0.39 is 0 Å². The molecular formula is C10H12N4O. The van der Waals surface area contributed by atoms with Gasteiger partial charge in [-0.3, -0.25) is 14.2 Å². The Morgan fingerprint density at radius 3 is 3.07 bits per heavy atom. The molecular weight excluding hydrogens is 192 g/mol. The molecule has 0 saturated carbocycles. The number of Topliss-reactive ketones (excluding diaryl/α,β-unsaturated/α-hetero) is 1. The van der Waals surface area contributed by atoms with Crippen LogP contribution in [0.3, 0.4) is 0 Å². The lowest BCUT2D eigenvalue weighted by Gasteiger charge is -2.03. The molecule has 5 heteroatoms. The van der Waals surface area contributed by atoms with Gasteiger partial charge in [0.05, 0.1) is 12.1 Å². The van der Waals surface area contributed by atoms with Crippen LogP contribution in [-0.4, -0.2) is 25.4 Å². The van der Waals surface area contributed by atoms with Crippen LogP contribution in [0.5, 0.6) is 0 Å². The molecule has 2 rings (SSSR count). The fourth-order valence-corrected chi connectivity index (χ4v) is 1.31. The summed E-state index contributed by atoms with van der Waals surface area (Å²) < 4.78 is 1.76. The Kier molecular flexibility index (Phi) is 2.45. The first-order valence-electron chi connectivity index (χ1n) is 4.84. The molecule has 0 aliphatic rings. The van der Waals surface area contributed by atoms with Gasteiger partial charge in [-0.1, -0.05) is 13.8 Å². The Hall–Kier alpha value is -1.78. The zero-order valence-corrected chi connectivity index (χ0v) is 8.71. The Labute approximate surface area is 87.2 Å². The molecule has 5 nitrogen and oxygen atoms in total. The number of ketones is 1. The molecule has 0 bridgehead atoms. The van der Waals surface area contributed by atoms with E-state index in [0.29, 0.717) is 17.8 Å². The van der Waals surface area contributed by atoms with Crippen molar-refractivity contribution in [2.75, 3.05) is 0 Å². The fourth-order valence-electron chi connectivity index (χ4n) is 1.31. The molecule has 0 aliphatic heterocycles. The van der Waals surface area contributed by atoms with Gasteiger partial charge in [-0.15, -0.1) is 10.2 Å². The molecule has 2 aromatic heterocycles. The van der Waals surface area contributed by atoms with Crippen LogP contribution in [0.2, 0.25) is 0 Å². The summed E-state index contributed by atoms with van der Waals surface area (Å²) in [5, 5.41) is 7.71. The maximum Gasteiger partial charge on any atom is 0.182 e. The SMILES string of the molecule is CC(C)C(=O)Cc1nccn2cnnc12. The number of carbonyl (C=O) groups excluding carboxylic acids is 1. The topological polar surface area (TPSA) is 60.2 Å². The summed E-state index contributed by atoms with van der Waals surface area (Å²) in [6.07, 6.45) is 5.33. The highest BCUT2D eigenvalue weighted by atomic mass is 16.1. The molecule has 0 unspecified atom stereocenters. The molecule has 0 aromatic carbocycles. The van der Waals surface area contributed by atoms with Crippen molar-refractivity contribution in [1.29, 1.82) is 0 Å². The molecule has 0 amide bonds. The molecule has 0 radical (unpaired) electrons. The summed E-state index contributed by atoms with van der Waals surface area (Å²) >= 11 is 0. The number of aromatic nitrogens is 4. The molecule has 2 aromatic rings. The van der Waals surface area contributed by atoms with Crippen LogP contribution in [0.1, 0.15) is 19.5 Å². The zero-order valence-electron chi connectivity index (χ0n) is 8.71. The number of carbonyl (C=O) groups is 1. The molecule has 0 atom stereocenters. The van der Waals surface area contributed by atoms with Crippen molar-refractivity contribution in [3.05, 3.63) is 24.4 Å². The predicted octanol–water partition coefficient (Wildman–Crippen LogP) is 0.892. The quantitative estimate of drug-likeness (QED) is 0.745. The first-order valence-corrected chi connectivity index (χ1v) is 4.84. The van der Waals surface area contributed by atoms with E-state index in [1.165, 1.54) is 0 Å². The van der Waals surface area contributed by atoms with Crippen LogP contribution in [0.25, 0.3) is 5.65 Å². The Bertz CT molecular complexity index is 489. The number of fused-ring (bicyclic) bond motifs is 1. The molecule has 0 fully saturated rings. The van der Waals surface area contributed by atoms with Crippen molar-refractivity contribution in [3.8, 4) is 0 Å². The lowest BCUT2D eigenvalue weighted by molar-refractivity contribution is -0.121. The van der Waals surface area contributed by atoms with Crippen LogP contribution < -0.4 is 0 Å². The fraction of sp³-hybridized carbons (Fsp3) is 0.400. The van der Waals surface area contributed by atoms with E-state index >= 15 is 0 Å². The summed E-state index contributed by atoms with van der Waals surface area (Å²) in [7, 11) is 0. The third-order valence-corrected chi connectivity index (χ3v) is 2.27. The van der Waals surface area contributed by atoms with Crippen molar-refractivity contribution >= 4 is 11.4 Å². The number of hydrogen-bond donors (Lipinski definition) is 0. The van der Waals surface area contributed by atoms with Crippen LogP contribution in [0, 0.1) is 5.92 Å². The van der Waals surface area contributed by atoms with Crippen LogP contribution in [0.15, 0.2) is 18.7 Å². The van der Waals surface area contributed by atoms with E-state index in [1.54, 1.807) is 23.1 Å². The van der Waals surface area contributed by atoms with E-state index in [0.717, 1.165) is 0 Å². The summed E-state index contributed by atoms with van der Waals surface area (Å²) in [5.41, 5.74) is 1.35. The average Bonchev–Trinajstić information content (AvgIpc) is 2.66. The molecule has 15 heavy (non-hydrogen) atoms. The minimum atomic E-state index is 0.0231. The van der Waals surface area contributed by atoms with Crippen molar-refractivity contribution in [2.45, 2.75) is 20.3 Å². The third kappa shape index (κ3) is 1.86. The lowest BCUT2D eigenvalue weighted by atomic mass is 10.0. The number of rotatable bonds is 3. The minimum Gasteiger partial charge on any atom is -0.299 e. The van der Waals surface area contributed by atoms with Crippen molar-refractivity contribution in [3.63, 3.8) is 0 Å². The van der Waals surface area contributed by atoms with Gasteiger partial charge in [0.25, 0.3) is 0 Å². The van der Waals surface area contributed by atoms with Gasteiger partial charge in [-0.25, -0.2) is 0 Å². The monoisotopic (exact) mass is 204 g/mol. The third-order valence-electron chi connectivity index (χ3n) is 2.27.